The minimum absolute atomic E-state index is 0.746. The Balaban J connectivity index is 1.54. The molecule has 0 atom stereocenters. The molecule has 1 aliphatic heterocycles. The Morgan fingerprint density at radius 1 is 1.17 bits per heavy atom. The summed E-state index contributed by atoms with van der Waals surface area (Å²) in [6.45, 7) is 2.26. The van der Waals surface area contributed by atoms with Crippen molar-refractivity contribution in [1.82, 2.24) is 10.2 Å². The second kappa shape index (κ2) is 5.48. The highest BCUT2D eigenvalue weighted by Gasteiger charge is 2.20. The van der Waals surface area contributed by atoms with Crippen LogP contribution in [0.1, 0.15) is 12.8 Å². The smallest absolute Gasteiger partial charge is 0.0749 e. The molecule has 1 N–H and O–H groups in total. The normalized spacial score (nSPS) is 17.0. The van der Waals surface area contributed by atoms with Crippen molar-refractivity contribution in [3.63, 3.8) is 0 Å². The summed E-state index contributed by atoms with van der Waals surface area (Å²) in [4.78, 5) is 3.80. The summed E-state index contributed by atoms with van der Waals surface area (Å²) in [5.41, 5.74) is 1.22. The van der Waals surface area contributed by atoms with Crippen LogP contribution in [0.15, 0.2) is 47.6 Å². The van der Waals surface area contributed by atoms with E-state index in [1.807, 2.05) is 24.2 Å². The molecule has 0 saturated carbocycles. The molecule has 0 aliphatic carbocycles. The lowest BCUT2D eigenvalue weighted by Crippen LogP contribution is -2.34. The molecular formula is C14H17N3S. The minimum Gasteiger partial charge on any atom is -0.369 e. The van der Waals surface area contributed by atoms with Crippen LogP contribution in [0.2, 0.25) is 0 Å². The molecule has 1 aromatic carbocycles. The van der Waals surface area contributed by atoms with Crippen LogP contribution in [-0.2, 0) is 0 Å². The monoisotopic (exact) mass is 259 g/mol. The van der Waals surface area contributed by atoms with Gasteiger partial charge >= 0.3 is 0 Å². The summed E-state index contributed by atoms with van der Waals surface area (Å²) >= 11 is 2.01. The van der Waals surface area contributed by atoms with E-state index < -0.39 is 0 Å². The summed E-state index contributed by atoms with van der Waals surface area (Å²) in [5, 5.41) is 7.64. The highest BCUT2D eigenvalue weighted by Crippen LogP contribution is 2.31. The Labute approximate surface area is 112 Å². The first-order valence-corrected chi connectivity index (χ1v) is 7.25. The lowest BCUT2D eigenvalue weighted by atomic mass is 10.1. The lowest BCUT2D eigenvalue weighted by Gasteiger charge is -2.32. The number of nitrogens with zero attached hydrogens (tertiary/aromatic N) is 2. The number of anilines is 1. The SMILES string of the molecule is c1ccc(SC2CCN(c3cn[nH]c3)CC2)cc1. The van der Waals surface area contributed by atoms with E-state index in [2.05, 4.69) is 45.4 Å². The number of piperidine rings is 1. The zero-order valence-corrected chi connectivity index (χ0v) is 11.1. The van der Waals surface area contributed by atoms with E-state index in [0.29, 0.717) is 0 Å². The van der Waals surface area contributed by atoms with Gasteiger partial charge in [-0.2, -0.15) is 5.10 Å². The Morgan fingerprint density at radius 3 is 2.61 bits per heavy atom. The molecule has 18 heavy (non-hydrogen) atoms. The minimum atomic E-state index is 0.746. The second-order valence-electron chi connectivity index (χ2n) is 4.57. The summed E-state index contributed by atoms with van der Waals surface area (Å²) in [6.07, 6.45) is 6.37. The Morgan fingerprint density at radius 2 is 1.94 bits per heavy atom. The molecule has 0 unspecified atom stereocenters. The van der Waals surface area contributed by atoms with Gasteiger partial charge in [0.1, 0.15) is 0 Å². The van der Waals surface area contributed by atoms with Crippen molar-refractivity contribution < 1.29 is 0 Å². The van der Waals surface area contributed by atoms with Crippen molar-refractivity contribution >= 4 is 17.4 Å². The van der Waals surface area contributed by atoms with Crippen molar-refractivity contribution in [3.05, 3.63) is 42.7 Å². The molecule has 1 aromatic heterocycles. The van der Waals surface area contributed by atoms with Crippen LogP contribution in [0, 0.1) is 0 Å². The Bertz CT molecular complexity index is 461. The number of hydrogen-bond donors (Lipinski definition) is 1. The Kier molecular flexibility index (Phi) is 3.55. The van der Waals surface area contributed by atoms with Gasteiger partial charge in [0.2, 0.25) is 0 Å². The molecule has 0 radical (unpaired) electrons. The number of benzene rings is 1. The van der Waals surface area contributed by atoms with Gasteiger partial charge in [-0.25, -0.2) is 0 Å². The summed E-state index contributed by atoms with van der Waals surface area (Å²) < 4.78 is 0. The van der Waals surface area contributed by atoms with E-state index in [9.17, 15) is 0 Å². The third kappa shape index (κ3) is 2.70. The predicted molar refractivity (Wildman–Crippen MR) is 76.1 cm³/mol. The quantitative estimate of drug-likeness (QED) is 0.918. The topological polar surface area (TPSA) is 31.9 Å². The van der Waals surface area contributed by atoms with Gasteiger partial charge in [0.15, 0.2) is 0 Å². The fourth-order valence-electron chi connectivity index (χ4n) is 2.34. The maximum Gasteiger partial charge on any atom is 0.0749 e. The fraction of sp³-hybridized carbons (Fsp3) is 0.357. The van der Waals surface area contributed by atoms with Gasteiger partial charge < -0.3 is 4.90 Å². The zero-order chi connectivity index (χ0) is 12.2. The number of rotatable bonds is 3. The maximum atomic E-state index is 4.01. The maximum absolute atomic E-state index is 4.01. The van der Waals surface area contributed by atoms with Crippen molar-refractivity contribution in [2.24, 2.45) is 0 Å². The van der Waals surface area contributed by atoms with E-state index >= 15 is 0 Å². The van der Waals surface area contributed by atoms with Gasteiger partial charge in [-0.1, -0.05) is 18.2 Å². The first-order chi connectivity index (χ1) is 8.92. The molecule has 2 heterocycles. The van der Waals surface area contributed by atoms with Gasteiger partial charge in [0.05, 0.1) is 11.9 Å². The molecule has 2 aromatic rings. The first-order valence-electron chi connectivity index (χ1n) is 6.37. The highest BCUT2D eigenvalue weighted by atomic mass is 32.2. The molecule has 1 saturated heterocycles. The average molecular weight is 259 g/mol. The van der Waals surface area contributed by atoms with Crippen LogP contribution in [0.25, 0.3) is 0 Å². The van der Waals surface area contributed by atoms with Crippen molar-refractivity contribution in [2.75, 3.05) is 18.0 Å². The van der Waals surface area contributed by atoms with Crippen LogP contribution >= 0.6 is 11.8 Å². The fourth-order valence-corrected chi connectivity index (χ4v) is 3.49. The standard InChI is InChI=1S/C14H17N3S/c1-2-4-13(5-3-1)18-14-6-8-17(9-7-14)12-10-15-16-11-12/h1-5,10-11,14H,6-9H2,(H,15,16). The molecule has 0 spiro atoms. The zero-order valence-electron chi connectivity index (χ0n) is 10.2. The average Bonchev–Trinajstić information content (AvgIpc) is 2.95. The number of thioether (sulfide) groups is 1. The molecule has 3 nitrogen and oxygen atoms in total. The number of H-pyrrole nitrogens is 1. The molecule has 1 fully saturated rings. The second-order valence-corrected chi connectivity index (χ2v) is 5.95. The molecule has 0 bridgehead atoms. The largest absolute Gasteiger partial charge is 0.369 e. The molecule has 1 aliphatic rings. The van der Waals surface area contributed by atoms with Crippen molar-refractivity contribution in [3.8, 4) is 0 Å². The molecule has 0 amide bonds. The molecule has 4 heteroatoms. The molecular weight excluding hydrogens is 242 g/mol. The van der Waals surface area contributed by atoms with Gasteiger partial charge in [0, 0.05) is 29.4 Å². The van der Waals surface area contributed by atoms with Gasteiger partial charge in [0.25, 0.3) is 0 Å². The molecule has 3 rings (SSSR count). The van der Waals surface area contributed by atoms with Crippen LogP contribution in [0.5, 0.6) is 0 Å². The molecule has 94 valence electrons. The summed E-state index contributed by atoms with van der Waals surface area (Å²) in [5.74, 6) is 0. The summed E-state index contributed by atoms with van der Waals surface area (Å²) in [6, 6.07) is 10.7. The van der Waals surface area contributed by atoms with E-state index in [0.717, 1.165) is 18.3 Å². The van der Waals surface area contributed by atoms with Crippen molar-refractivity contribution in [1.29, 1.82) is 0 Å². The third-order valence-electron chi connectivity index (χ3n) is 3.34. The summed E-state index contributed by atoms with van der Waals surface area (Å²) in [7, 11) is 0. The number of aromatic nitrogens is 2. The van der Waals surface area contributed by atoms with E-state index in [4.69, 9.17) is 0 Å². The van der Waals surface area contributed by atoms with Crippen LogP contribution < -0.4 is 4.90 Å². The van der Waals surface area contributed by atoms with Gasteiger partial charge in [-0.05, 0) is 25.0 Å². The van der Waals surface area contributed by atoms with E-state index in [1.54, 1.807) is 0 Å². The predicted octanol–water partition coefficient (Wildman–Crippen LogP) is 3.17. The van der Waals surface area contributed by atoms with Crippen LogP contribution in [-0.4, -0.2) is 28.5 Å². The lowest BCUT2D eigenvalue weighted by molar-refractivity contribution is 0.591. The van der Waals surface area contributed by atoms with Gasteiger partial charge in [-0.3, -0.25) is 5.10 Å². The number of hydrogen-bond acceptors (Lipinski definition) is 3. The van der Waals surface area contributed by atoms with Crippen LogP contribution in [0.4, 0.5) is 5.69 Å². The Hall–Kier alpha value is -1.42. The van der Waals surface area contributed by atoms with E-state index in [-0.39, 0.29) is 0 Å². The van der Waals surface area contributed by atoms with Crippen molar-refractivity contribution in [2.45, 2.75) is 23.0 Å². The first kappa shape index (κ1) is 11.7. The van der Waals surface area contributed by atoms with E-state index in [1.165, 1.54) is 23.4 Å². The highest BCUT2D eigenvalue weighted by molar-refractivity contribution is 8.00. The third-order valence-corrected chi connectivity index (χ3v) is 4.69. The number of aromatic amines is 1. The number of nitrogens with one attached hydrogen (secondary N) is 1. The van der Waals surface area contributed by atoms with Gasteiger partial charge in [-0.15, -0.1) is 11.8 Å². The van der Waals surface area contributed by atoms with Crippen LogP contribution in [0.3, 0.4) is 0 Å².